The maximum atomic E-state index is 11.8. The van der Waals surface area contributed by atoms with E-state index in [9.17, 15) is 4.79 Å². The molecule has 2 unspecified atom stereocenters. The summed E-state index contributed by atoms with van der Waals surface area (Å²) in [7, 11) is -0.983. The normalized spacial score (nSPS) is 33.7. The fourth-order valence-electron chi connectivity index (χ4n) is 2.63. The van der Waals surface area contributed by atoms with Gasteiger partial charge in [-0.25, -0.2) is 0 Å². The van der Waals surface area contributed by atoms with Crippen molar-refractivity contribution in [2.75, 3.05) is 6.54 Å². The molecule has 1 amide bonds. The van der Waals surface area contributed by atoms with Crippen LogP contribution in [0.5, 0.6) is 0 Å². The zero-order chi connectivity index (χ0) is 11.1. The van der Waals surface area contributed by atoms with Crippen LogP contribution in [0.4, 0.5) is 0 Å². The molecule has 0 saturated heterocycles. The monoisotopic (exact) mass is 225 g/mol. The van der Waals surface area contributed by atoms with Gasteiger partial charge in [0.25, 0.3) is 0 Å². The minimum atomic E-state index is -0.983. The van der Waals surface area contributed by atoms with Gasteiger partial charge in [-0.3, -0.25) is 4.79 Å². The third-order valence-corrected chi connectivity index (χ3v) is 5.54. The Labute approximate surface area is 93.8 Å². The lowest BCUT2D eigenvalue weighted by Crippen LogP contribution is -2.34. The van der Waals surface area contributed by atoms with E-state index in [0.717, 1.165) is 18.4 Å². The Balaban J connectivity index is 1.65. The van der Waals surface area contributed by atoms with Gasteiger partial charge >= 0.3 is 0 Å². The highest BCUT2D eigenvalue weighted by Crippen LogP contribution is 2.54. The molecular formula is C12H23NOSi. The van der Waals surface area contributed by atoms with Gasteiger partial charge in [-0.15, -0.1) is 0 Å². The minimum Gasteiger partial charge on any atom is -0.356 e. The number of nitrogens with one attached hydrogen (secondary N) is 1. The summed E-state index contributed by atoms with van der Waals surface area (Å²) in [5.41, 5.74) is 0. The summed E-state index contributed by atoms with van der Waals surface area (Å²) in [5.74, 6) is 2.52. The highest BCUT2D eigenvalue weighted by atomic mass is 28.3. The standard InChI is InChI=1S/C12H23NOSi/c1-15(2,3)5-4-13-12(14)11-7-9-6-10(9)8-11/h9-11H,4-8H2,1-3H3,(H,13,14). The van der Waals surface area contributed by atoms with Crippen LogP contribution in [0.15, 0.2) is 0 Å². The van der Waals surface area contributed by atoms with E-state index in [0.29, 0.717) is 11.8 Å². The fourth-order valence-corrected chi connectivity index (χ4v) is 3.51. The third-order valence-electron chi connectivity index (χ3n) is 3.79. The molecule has 86 valence electrons. The highest BCUT2D eigenvalue weighted by molar-refractivity contribution is 6.76. The van der Waals surface area contributed by atoms with Crippen molar-refractivity contribution in [3.8, 4) is 0 Å². The smallest absolute Gasteiger partial charge is 0.223 e. The molecule has 15 heavy (non-hydrogen) atoms. The van der Waals surface area contributed by atoms with Crippen molar-refractivity contribution in [3.05, 3.63) is 0 Å². The fraction of sp³-hybridized carbons (Fsp3) is 0.917. The molecule has 0 heterocycles. The first-order chi connectivity index (χ1) is 6.96. The molecular weight excluding hydrogens is 202 g/mol. The van der Waals surface area contributed by atoms with Crippen LogP contribution in [0.1, 0.15) is 19.3 Å². The van der Waals surface area contributed by atoms with Crippen LogP contribution < -0.4 is 5.32 Å². The predicted octanol–water partition coefficient (Wildman–Crippen LogP) is 2.49. The average molecular weight is 225 g/mol. The van der Waals surface area contributed by atoms with Crippen molar-refractivity contribution in [1.82, 2.24) is 5.32 Å². The van der Waals surface area contributed by atoms with Crippen molar-refractivity contribution in [2.45, 2.75) is 44.9 Å². The number of amides is 1. The first kappa shape index (κ1) is 11.2. The quantitative estimate of drug-likeness (QED) is 0.732. The van der Waals surface area contributed by atoms with Crippen molar-refractivity contribution in [2.24, 2.45) is 17.8 Å². The number of hydrogen-bond donors (Lipinski definition) is 1. The Morgan fingerprint density at radius 1 is 1.20 bits per heavy atom. The van der Waals surface area contributed by atoms with E-state index >= 15 is 0 Å². The van der Waals surface area contributed by atoms with E-state index in [1.807, 2.05) is 0 Å². The highest BCUT2D eigenvalue weighted by Gasteiger charge is 2.47. The molecule has 3 heteroatoms. The average Bonchev–Trinajstić information content (AvgIpc) is 2.71. The summed E-state index contributed by atoms with van der Waals surface area (Å²) in [5, 5.41) is 3.12. The zero-order valence-electron chi connectivity index (χ0n) is 10.2. The van der Waals surface area contributed by atoms with Crippen LogP contribution in [-0.4, -0.2) is 20.5 Å². The molecule has 2 atom stereocenters. The lowest BCUT2D eigenvalue weighted by atomic mass is 10.0. The van der Waals surface area contributed by atoms with Gasteiger partial charge in [-0.05, 0) is 37.1 Å². The molecule has 2 aliphatic carbocycles. The summed E-state index contributed by atoms with van der Waals surface area (Å²) in [4.78, 5) is 11.8. The molecule has 0 radical (unpaired) electrons. The first-order valence-corrected chi connectivity index (χ1v) is 9.94. The lowest BCUT2D eigenvalue weighted by Gasteiger charge is -2.17. The number of hydrogen-bond acceptors (Lipinski definition) is 1. The molecule has 2 rings (SSSR count). The van der Waals surface area contributed by atoms with Crippen LogP contribution >= 0.6 is 0 Å². The number of fused-ring (bicyclic) bond motifs is 1. The predicted molar refractivity (Wildman–Crippen MR) is 65.5 cm³/mol. The zero-order valence-corrected chi connectivity index (χ0v) is 11.2. The van der Waals surface area contributed by atoms with E-state index < -0.39 is 8.07 Å². The lowest BCUT2D eigenvalue weighted by molar-refractivity contribution is -0.125. The molecule has 2 nitrogen and oxygen atoms in total. The molecule has 0 spiro atoms. The second-order valence-electron chi connectivity index (χ2n) is 6.53. The van der Waals surface area contributed by atoms with Crippen LogP contribution in [0.2, 0.25) is 25.7 Å². The van der Waals surface area contributed by atoms with Crippen molar-refractivity contribution in [1.29, 1.82) is 0 Å². The first-order valence-electron chi connectivity index (χ1n) is 6.23. The SMILES string of the molecule is C[Si](C)(C)CCNC(=O)C1CC2CC2C1. The van der Waals surface area contributed by atoms with E-state index in [4.69, 9.17) is 0 Å². The second kappa shape index (κ2) is 3.93. The molecule has 2 saturated carbocycles. The third kappa shape index (κ3) is 3.07. The Hall–Kier alpha value is -0.313. The van der Waals surface area contributed by atoms with E-state index in [-0.39, 0.29) is 0 Å². The molecule has 2 aliphatic rings. The van der Waals surface area contributed by atoms with Crippen molar-refractivity contribution in [3.63, 3.8) is 0 Å². The molecule has 0 aromatic heterocycles. The summed E-state index contributed by atoms with van der Waals surface area (Å²) < 4.78 is 0. The van der Waals surface area contributed by atoms with Gasteiger partial charge in [-0.1, -0.05) is 19.6 Å². The largest absolute Gasteiger partial charge is 0.356 e. The number of carbonyl (C=O) groups excluding carboxylic acids is 1. The van der Waals surface area contributed by atoms with Crippen molar-refractivity contribution < 1.29 is 4.79 Å². The van der Waals surface area contributed by atoms with Gasteiger partial charge in [0.1, 0.15) is 0 Å². The maximum absolute atomic E-state index is 11.8. The second-order valence-corrected chi connectivity index (χ2v) is 12.1. The van der Waals surface area contributed by atoms with Gasteiger partial charge < -0.3 is 5.32 Å². The van der Waals surface area contributed by atoms with Gasteiger partial charge in [0.05, 0.1) is 0 Å². The van der Waals surface area contributed by atoms with E-state index in [1.54, 1.807) is 0 Å². The van der Waals surface area contributed by atoms with Gasteiger partial charge in [-0.2, -0.15) is 0 Å². The maximum Gasteiger partial charge on any atom is 0.223 e. The molecule has 0 aliphatic heterocycles. The Morgan fingerprint density at radius 3 is 2.33 bits per heavy atom. The topological polar surface area (TPSA) is 29.1 Å². The molecule has 0 bridgehead atoms. The van der Waals surface area contributed by atoms with Crippen LogP contribution in [0.3, 0.4) is 0 Å². The summed E-state index contributed by atoms with van der Waals surface area (Å²) in [6.07, 6.45) is 3.74. The summed E-state index contributed by atoms with van der Waals surface area (Å²) in [6.45, 7) is 7.96. The summed E-state index contributed by atoms with van der Waals surface area (Å²) >= 11 is 0. The van der Waals surface area contributed by atoms with Gasteiger partial charge in [0.2, 0.25) is 5.91 Å². The van der Waals surface area contributed by atoms with Crippen LogP contribution in [0.25, 0.3) is 0 Å². The molecule has 0 aromatic carbocycles. The van der Waals surface area contributed by atoms with Gasteiger partial charge in [0, 0.05) is 20.5 Å². The van der Waals surface area contributed by atoms with Crippen molar-refractivity contribution >= 4 is 14.0 Å². The van der Waals surface area contributed by atoms with Crippen LogP contribution in [-0.2, 0) is 4.79 Å². The van der Waals surface area contributed by atoms with E-state index in [1.165, 1.54) is 25.3 Å². The number of carbonyl (C=O) groups is 1. The Bertz CT molecular complexity index is 249. The van der Waals surface area contributed by atoms with E-state index in [2.05, 4.69) is 25.0 Å². The number of rotatable bonds is 4. The Kier molecular flexibility index (Phi) is 2.93. The summed E-state index contributed by atoms with van der Waals surface area (Å²) in [6, 6.07) is 1.21. The molecule has 0 aromatic rings. The van der Waals surface area contributed by atoms with Gasteiger partial charge in [0.15, 0.2) is 0 Å². The van der Waals surface area contributed by atoms with Crippen LogP contribution in [0, 0.1) is 17.8 Å². The molecule has 2 fully saturated rings. The Morgan fingerprint density at radius 2 is 1.80 bits per heavy atom. The molecule has 1 N–H and O–H groups in total. The minimum absolute atomic E-state index is 0.334.